The second-order valence-corrected chi connectivity index (χ2v) is 6.88. The summed E-state index contributed by atoms with van der Waals surface area (Å²) in [7, 11) is -2.88. The first-order valence-electron chi connectivity index (χ1n) is 5.99. The van der Waals surface area contributed by atoms with Crippen LogP contribution >= 0.6 is 0 Å². The van der Waals surface area contributed by atoms with Crippen molar-refractivity contribution in [3.63, 3.8) is 0 Å². The molecule has 0 fully saturated rings. The van der Waals surface area contributed by atoms with Crippen molar-refractivity contribution in [1.29, 1.82) is 0 Å². The van der Waals surface area contributed by atoms with Crippen LogP contribution in [0.4, 0.5) is 5.69 Å². The van der Waals surface area contributed by atoms with Crippen LogP contribution in [0.1, 0.15) is 20.3 Å². The maximum Gasteiger partial charge on any atom is 0.150 e. The first-order chi connectivity index (χ1) is 7.99. The van der Waals surface area contributed by atoms with E-state index in [4.69, 9.17) is 0 Å². The summed E-state index contributed by atoms with van der Waals surface area (Å²) in [6.45, 7) is 4.56. The SMILES string of the molecule is CC(C)CS(=O)(=O)CCCNc1ccccc1. The Morgan fingerprint density at radius 1 is 1.18 bits per heavy atom. The molecule has 0 aromatic heterocycles. The van der Waals surface area contributed by atoms with Gasteiger partial charge in [-0.05, 0) is 24.5 Å². The molecule has 0 heterocycles. The fraction of sp³-hybridized carbons (Fsp3) is 0.538. The molecule has 0 aliphatic heterocycles. The van der Waals surface area contributed by atoms with Crippen LogP contribution in [0.25, 0.3) is 0 Å². The molecule has 96 valence electrons. The van der Waals surface area contributed by atoms with Gasteiger partial charge in [0.15, 0.2) is 9.84 Å². The molecule has 1 aromatic carbocycles. The predicted octanol–water partition coefficient (Wildman–Crippen LogP) is 2.56. The molecule has 0 bridgehead atoms. The first kappa shape index (κ1) is 14.0. The molecular weight excluding hydrogens is 234 g/mol. The van der Waals surface area contributed by atoms with Gasteiger partial charge in [0.05, 0.1) is 11.5 Å². The van der Waals surface area contributed by atoms with Crippen molar-refractivity contribution in [2.45, 2.75) is 20.3 Å². The Morgan fingerprint density at radius 2 is 1.82 bits per heavy atom. The Morgan fingerprint density at radius 3 is 2.41 bits per heavy atom. The van der Waals surface area contributed by atoms with E-state index >= 15 is 0 Å². The minimum atomic E-state index is -2.88. The average molecular weight is 255 g/mol. The van der Waals surface area contributed by atoms with Gasteiger partial charge < -0.3 is 5.32 Å². The Labute approximate surface area is 104 Å². The van der Waals surface area contributed by atoms with Crippen LogP contribution in [0, 0.1) is 5.92 Å². The lowest BCUT2D eigenvalue weighted by atomic mass is 10.3. The number of para-hydroxylation sites is 1. The van der Waals surface area contributed by atoms with E-state index in [2.05, 4.69) is 5.32 Å². The van der Waals surface area contributed by atoms with Gasteiger partial charge in [-0.1, -0.05) is 32.0 Å². The van der Waals surface area contributed by atoms with Gasteiger partial charge in [0.2, 0.25) is 0 Å². The number of hydrogen-bond acceptors (Lipinski definition) is 3. The molecule has 1 rings (SSSR count). The monoisotopic (exact) mass is 255 g/mol. The number of nitrogens with one attached hydrogen (secondary N) is 1. The fourth-order valence-electron chi connectivity index (χ4n) is 1.67. The van der Waals surface area contributed by atoms with Crippen molar-refractivity contribution in [1.82, 2.24) is 0 Å². The van der Waals surface area contributed by atoms with Gasteiger partial charge >= 0.3 is 0 Å². The zero-order valence-corrected chi connectivity index (χ0v) is 11.3. The fourth-order valence-corrected chi connectivity index (χ4v) is 3.44. The zero-order chi connectivity index (χ0) is 12.7. The number of benzene rings is 1. The summed E-state index contributed by atoms with van der Waals surface area (Å²) >= 11 is 0. The van der Waals surface area contributed by atoms with Crippen LogP contribution in [-0.2, 0) is 9.84 Å². The molecule has 0 amide bonds. The van der Waals surface area contributed by atoms with E-state index in [1.807, 2.05) is 44.2 Å². The lowest BCUT2D eigenvalue weighted by Gasteiger charge is -2.08. The van der Waals surface area contributed by atoms with Crippen molar-refractivity contribution >= 4 is 15.5 Å². The molecule has 0 radical (unpaired) electrons. The smallest absolute Gasteiger partial charge is 0.150 e. The van der Waals surface area contributed by atoms with Gasteiger partial charge in [0.1, 0.15) is 0 Å². The molecule has 0 aliphatic carbocycles. The molecule has 4 heteroatoms. The van der Waals surface area contributed by atoms with Crippen LogP contribution in [0.15, 0.2) is 30.3 Å². The van der Waals surface area contributed by atoms with Crippen LogP contribution < -0.4 is 5.32 Å². The standard InChI is InChI=1S/C13H21NO2S/c1-12(2)11-17(15,16)10-6-9-14-13-7-4-3-5-8-13/h3-5,7-8,12,14H,6,9-11H2,1-2H3. The average Bonchev–Trinajstić information content (AvgIpc) is 2.24. The van der Waals surface area contributed by atoms with Gasteiger partial charge in [0, 0.05) is 12.2 Å². The Kier molecular flexibility index (Phi) is 5.48. The zero-order valence-electron chi connectivity index (χ0n) is 10.5. The molecule has 0 unspecified atom stereocenters. The molecule has 1 N–H and O–H groups in total. The maximum absolute atomic E-state index is 11.6. The molecule has 0 saturated heterocycles. The maximum atomic E-state index is 11.6. The predicted molar refractivity (Wildman–Crippen MR) is 73.0 cm³/mol. The Hall–Kier alpha value is -1.03. The number of anilines is 1. The van der Waals surface area contributed by atoms with Crippen molar-refractivity contribution in [3.05, 3.63) is 30.3 Å². The van der Waals surface area contributed by atoms with Crippen molar-refractivity contribution < 1.29 is 8.42 Å². The number of rotatable bonds is 7. The summed E-state index contributed by atoms with van der Waals surface area (Å²) in [5, 5.41) is 3.21. The number of sulfone groups is 1. The third-order valence-electron chi connectivity index (χ3n) is 2.32. The highest BCUT2D eigenvalue weighted by atomic mass is 32.2. The van der Waals surface area contributed by atoms with Gasteiger partial charge in [0.25, 0.3) is 0 Å². The van der Waals surface area contributed by atoms with Crippen molar-refractivity contribution in [2.75, 3.05) is 23.4 Å². The minimum Gasteiger partial charge on any atom is -0.385 e. The normalized spacial score (nSPS) is 11.7. The number of hydrogen-bond donors (Lipinski definition) is 1. The van der Waals surface area contributed by atoms with E-state index in [9.17, 15) is 8.42 Å². The van der Waals surface area contributed by atoms with E-state index in [1.165, 1.54) is 0 Å². The largest absolute Gasteiger partial charge is 0.385 e. The third kappa shape index (κ3) is 6.31. The summed E-state index contributed by atoms with van der Waals surface area (Å²) in [5.41, 5.74) is 1.04. The van der Waals surface area contributed by atoms with Gasteiger partial charge in [-0.25, -0.2) is 8.42 Å². The molecule has 0 aliphatic rings. The highest BCUT2D eigenvalue weighted by Gasteiger charge is 2.12. The second kappa shape index (κ2) is 6.64. The van der Waals surface area contributed by atoms with Crippen LogP contribution in [0.2, 0.25) is 0 Å². The van der Waals surface area contributed by atoms with Crippen LogP contribution in [0.3, 0.4) is 0 Å². The summed E-state index contributed by atoms with van der Waals surface area (Å²) in [4.78, 5) is 0. The van der Waals surface area contributed by atoms with E-state index in [0.29, 0.717) is 18.7 Å². The molecule has 1 aromatic rings. The molecule has 0 saturated carbocycles. The third-order valence-corrected chi connectivity index (χ3v) is 4.41. The lowest BCUT2D eigenvalue weighted by molar-refractivity contribution is 0.580. The van der Waals surface area contributed by atoms with Crippen molar-refractivity contribution in [3.8, 4) is 0 Å². The van der Waals surface area contributed by atoms with Gasteiger partial charge in [-0.3, -0.25) is 0 Å². The van der Waals surface area contributed by atoms with E-state index < -0.39 is 9.84 Å². The molecule has 17 heavy (non-hydrogen) atoms. The van der Waals surface area contributed by atoms with Crippen molar-refractivity contribution in [2.24, 2.45) is 5.92 Å². The minimum absolute atomic E-state index is 0.210. The highest BCUT2D eigenvalue weighted by molar-refractivity contribution is 7.91. The molecular formula is C13H21NO2S. The lowest BCUT2D eigenvalue weighted by Crippen LogP contribution is -2.17. The Bertz CT molecular complexity index is 412. The van der Waals surface area contributed by atoms with Gasteiger partial charge in [-0.2, -0.15) is 0 Å². The topological polar surface area (TPSA) is 46.2 Å². The van der Waals surface area contributed by atoms with E-state index in [-0.39, 0.29) is 11.7 Å². The summed E-state index contributed by atoms with van der Waals surface area (Å²) in [6, 6.07) is 9.82. The summed E-state index contributed by atoms with van der Waals surface area (Å²) < 4.78 is 23.2. The van der Waals surface area contributed by atoms with E-state index in [1.54, 1.807) is 0 Å². The van der Waals surface area contributed by atoms with Gasteiger partial charge in [-0.15, -0.1) is 0 Å². The molecule has 0 spiro atoms. The molecule has 0 atom stereocenters. The molecule has 3 nitrogen and oxygen atoms in total. The summed E-state index contributed by atoms with van der Waals surface area (Å²) in [5.74, 6) is 0.769. The quantitative estimate of drug-likeness (QED) is 0.762. The van der Waals surface area contributed by atoms with Crippen LogP contribution in [-0.4, -0.2) is 26.5 Å². The summed E-state index contributed by atoms with van der Waals surface area (Å²) in [6.07, 6.45) is 0.657. The first-order valence-corrected chi connectivity index (χ1v) is 7.81. The highest BCUT2D eigenvalue weighted by Crippen LogP contribution is 2.06. The second-order valence-electron chi connectivity index (χ2n) is 4.65. The van der Waals surface area contributed by atoms with E-state index in [0.717, 1.165) is 5.69 Å². The van der Waals surface area contributed by atoms with Crippen LogP contribution in [0.5, 0.6) is 0 Å². The Balaban J connectivity index is 2.25.